The van der Waals surface area contributed by atoms with E-state index in [4.69, 9.17) is 10.5 Å². The fraction of sp³-hybridized carbons (Fsp3) is 0.0952. The standard InChI is InChI=1S/C21H18FN5O2/c1-29-18-10-14(15-5-9-19-25-21(23)26-27(19)12-15)4-8-17(18)20(28)24-11-13-2-6-16(22)7-3-13/h2-10,12H,11H2,1H3,(H2,23,26)(H,24,28). The van der Waals surface area contributed by atoms with Crippen LogP contribution >= 0.6 is 0 Å². The first kappa shape index (κ1) is 18.4. The van der Waals surface area contributed by atoms with Crippen LogP contribution in [0, 0.1) is 5.82 Å². The van der Waals surface area contributed by atoms with Gasteiger partial charge in [-0.15, -0.1) is 5.10 Å². The van der Waals surface area contributed by atoms with E-state index in [9.17, 15) is 9.18 Å². The quantitative estimate of drug-likeness (QED) is 0.545. The predicted octanol–water partition coefficient (Wildman–Crippen LogP) is 3.06. The van der Waals surface area contributed by atoms with Gasteiger partial charge in [0.2, 0.25) is 5.95 Å². The molecule has 1 amide bonds. The molecule has 0 unspecified atom stereocenters. The Bertz CT molecular complexity index is 1190. The van der Waals surface area contributed by atoms with Crippen molar-refractivity contribution < 1.29 is 13.9 Å². The molecule has 0 saturated carbocycles. The first-order chi connectivity index (χ1) is 14.0. The van der Waals surface area contributed by atoms with Gasteiger partial charge in [0.1, 0.15) is 11.6 Å². The Labute approximate surface area is 165 Å². The van der Waals surface area contributed by atoms with Crippen molar-refractivity contribution in [2.45, 2.75) is 6.54 Å². The molecular formula is C21H18FN5O2. The highest BCUT2D eigenvalue weighted by Gasteiger charge is 2.14. The van der Waals surface area contributed by atoms with Crippen molar-refractivity contribution in [3.05, 3.63) is 77.7 Å². The molecule has 2 heterocycles. The normalized spacial score (nSPS) is 10.8. The number of hydrogen-bond acceptors (Lipinski definition) is 5. The molecule has 0 atom stereocenters. The second-order valence-corrected chi connectivity index (χ2v) is 6.41. The van der Waals surface area contributed by atoms with Crippen LogP contribution in [-0.2, 0) is 6.54 Å². The number of nitrogens with two attached hydrogens (primary N) is 1. The first-order valence-corrected chi connectivity index (χ1v) is 8.86. The lowest BCUT2D eigenvalue weighted by molar-refractivity contribution is 0.0948. The average Bonchev–Trinajstić information content (AvgIpc) is 3.11. The van der Waals surface area contributed by atoms with E-state index in [0.29, 0.717) is 17.0 Å². The van der Waals surface area contributed by atoms with Crippen molar-refractivity contribution >= 4 is 17.5 Å². The Morgan fingerprint density at radius 2 is 1.90 bits per heavy atom. The molecule has 8 heteroatoms. The molecule has 29 heavy (non-hydrogen) atoms. The number of nitrogens with one attached hydrogen (secondary N) is 1. The Hall–Kier alpha value is -3.94. The van der Waals surface area contributed by atoms with E-state index < -0.39 is 0 Å². The number of fused-ring (bicyclic) bond motifs is 1. The number of benzene rings is 2. The summed E-state index contributed by atoms with van der Waals surface area (Å²) in [5.41, 5.74) is 9.22. The monoisotopic (exact) mass is 391 g/mol. The van der Waals surface area contributed by atoms with Gasteiger partial charge in [-0.05, 0) is 47.5 Å². The van der Waals surface area contributed by atoms with Crippen molar-refractivity contribution in [2.75, 3.05) is 12.8 Å². The van der Waals surface area contributed by atoms with Gasteiger partial charge >= 0.3 is 0 Å². The van der Waals surface area contributed by atoms with Crippen molar-refractivity contribution in [1.29, 1.82) is 0 Å². The molecule has 0 spiro atoms. The Morgan fingerprint density at radius 1 is 1.14 bits per heavy atom. The van der Waals surface area contributed by atoms with Gasteiger partial charge in [-0.1, -0.05) is 18.2 Å². The molecule has 0 fully saturated rings. The molecule has 3 N–H and O–H groups in total. The van der Waals surface area contributed by atoms with Crippen molar-refractivity contribution in [2.24, 2.45) is 0 Å². The lowest BCUT2D eigenvalue weighted by atomic mass is 10.0. The van der Waals surface area contributed by atoms with E-state index in [1.165, 1.54) is 19.2 Å². The van der Waals surface area contributed by atoms with Gasteiger partial charge in [-0.2, -0.15) is 4.98 Å². The highest BCUT2D eigenvalue weighted by atomic mass is 19.1. The zero-order chi connectivity index (χ0) is 20.4. The number of anilines is 1. The lowest BCUT2D eigenvalue weighted by Crippen LogP contribution is -2.23. The van der Waals surface area contributed by atoms with Gasteiger partial charge in [0, 0.05) is 18.3 Å². The van der Waals surface area contributed by atoms with Crippen molar-refractivity contribution in [3.8, 4) is 16.9 Å². The van der Waals surface area contributed by atoms with Gasteiger partial charge in [0.15, 0.2) is 5.65 Å². The number of ether oxygens (including phenoxy) is 1. The first-order valence-electron chi connectivity index (χ1n) is 8.86. The molecule has 0 saturated heterocycles. The second kappa shape index (κ2) is 7.59. The number of aromatic nitrogens is 3. The number of amides is 1. The summed E-state index contributed by atoms with van der Waals surface area (Å²) >= 11 is 0. The molecule has 4 aromatic rings. The van der Waals surface area contributed by atoms with Crippen LogP contribution in [0.5, 0.6) is 5.75 Å². The molecule has 0 bridgehead atoms. The van der Waals surface area contributed by atoms with E-state index in [0.717, 1.165) is 16.7 Å². The number of methoxy groups -OCH3 is 1. The van der Waals surface area contributed by atoms with Gasteiger partial charge < -0.3 is 15.8 Å². The summed E-state index contributed by atoms with van der Waals surface area (Å²) in [7, 11) is 1.51. The van der Waals surface area contributed by atoms with Crippen molar-refractivity contribution in [1.82, 2.24) is 19.9 Å². The number of nitrogen functional groups attached to an aromatic ring is 1. The number of pyridine rings is 1. The van der Waals surface area contributed by atoms with E-state index in [1.807, 2.05) is 24.4 Å². The highest BCUT2D eigenvalue weighted by Crippen LogP contribution is 2.27. The van der Waals surface area contributed by atoms with Crippen molar-refractivity contribution in [3.63, 3.8) is 0 Å². The molecular weight excluding hydrogens is 373 g/mol. The van der Waals surface area contributed by atoms with Gasteiger partial charge in [-0.3, -0.25) is 4.79 Å². The summed E-state index contributed by atoms with van der Waals surface area (Å²) < 4.78 is 20.0. The van der Waals surface area contributed by atoms with Crippen LogP contribution in [-0.4, -0.2) is 27.6 Å². The summed E-state index contributed by atoms with van der Waals surface area (Å²) in [6.45, 7) is 0.286. The molecule has 146 valence electrons. The minimum Gasteiger partial charge on any atom is -0.496 e. The SMILES string of the molecule is COc1cc(-c2ccc3nc(N)nn3c2)ccc1C(=O)NCc1ccc(F)cc1. The van der Waals surface area contributed by atoms with Gasteiger partial charge in [-0.25, -0.2) is 8.91 Å². The molecule has 0 radical (unpaired) electrons. The smallest absolute Gasteiger partial charge is 0.255 e. The summed E-state index contributed by atoms with van der Waals surface area (Å²) in [6, 6.07) is 15.0. The topological polar surface area (TPSA) is 94.5 Å². The summed E-state index contributed by atoms with van der Waals surface area (Å²) in [5, 5.41) is 6.93. The summed E-state index contributed by atoms with van der Waals surface area (Å²) in [5.74, 6) is 0.0477. The molecule has 4 rings (SSSR count). The van der Waals surface area contributed by atoms with Crippen LogP contribution in [0.25, 0.3) is 16.8 Å². The minimum absolute atomic E-state index is 0.202. The van der Waals surface area contributed by atoms with E-state index >= 15 is 0 Å². The number of hydrogen-bond donors (Lipinski definition) is 2. The molecule has 2 aromatic heterocycles. The molecule has 7 nitrogen and oxygen atoms in total. The Morgan fingerprint density at radius 3 is 2.66 bits per heavy atom. The maximum Gasteiger partial charge on any atom is 0.255 e. The molecule has 2 aromatic carbocycles. The zero-order valence-electron chi connectivity index (χ0n) is 15.6. The Balaban J connectivity index is 1.56. The Kier molecular flexibility index (Phi) is 4.82. The molecule has 0 aliphatic carbocycles. The number of carbonyl (C=O) groups excluding carboxylic acids is 1. The lowest BCUT2D eigenvalue weighted by Gasteiger charge is -2.12. The van der Waals surface area contributed by atoms with Crippen LogP contribution in [0.2, 0.25) is 0 Å². The number of halogens is 1. The number of nitrogens with zero attached hydrogens (tertiary/aromatic N) is 3. The third-order valence-corrected chi connectivity index (χ3v) is 4.49. The molecule has 0 aliphatic rings. The maximum absolute atomic E-state index is 13.0. The van der Waals surface area contributed by atoms with Gasteiger partial charge in [0.25, 0.3) is 5.91 Å². The van der Waals surface area contributed by atoms with E-state index in [1.54, 1.807) is 28.8 Å². The summed E-state index contributed by atoms with van der Waals surface area (Å²) in [6.07, 6.45) is 1.81. The average molecular weight is 391 g/mol. The minimum atomic E-state index is -0.316. The summed E-state index contributed by atoms with van der Waals surface area (Å²) in [4.78, 5) is 16.7. The fourth-order valence-corrected chi connectivity index (χ4v) is 3.01. The van der Waals surface area contributed by atoms with Crippen LogP contribution in [0.3, 0.4) is 0 Å². The van der Waals surface area contributed by atoms with Crippen LogP contribution in [0.4, 0.5) is 10.3 Å². The van der Waals surface area contributed by atoms with Gasteiger partial charge in [0.05, 0.1) is 12.7 Å². The van der Waals surface area contributed by atoms with E-state index in [-0.39, 0.29) is 24.2 Å². The number of rotatable bonds is 5. The van der Waals surface area contributed by atoms with Crippen LogP contribution < -0.4 is 15.8 Å². The third kappa shape index (κ3) is 3.86. The number of carbonyl (C=O) groups is 1. The fourth-order valence-electron chi connectivity index (χ4n) is 3.01. The third-order valence-electron chi connectivity index (χ3n) is 4.49. The largest absolute Gasteiger partial charge is 0.496 e. The zero-order valence-corrected chi connectivity index (χ0v) is 15.6. The second-order valence-electron chi connectivity index (χ2n) is 6.41. The molecule has 0 aliphatic heterocycles. The predicted molar refractivity (Wildman–Crippen MR) is 107 cm³/mol. The highest BCUT2D eigenvalue weighted by molar-refractivity contribution is 5.97. The van der Waals surface area contributed by atoms with Crippen LogP contribution in [0.1, 0.15) is 15.9 Å². The van der Waals surface area contributed by atoms with E-state index in [2.05, 4.69) is 15.4 Å². The maximum atomic E-state index is 13.0. The van der Waals surface area contributed by atoms with Crippen LogP contribution in [0.15, 0.2) is 60.8 Å².